The monoisotopic (exact) mass is 405 g/mol. The molecule has 0 aromatic heterocycles. The summed E-state index contributed by atoms with van der Waals surface area (Å²) in [6.45, 7) is 10.4. The van der Waals surface area contributed by atoms with Crippen molar-refractivity contribution in [1.29, 1.82) is 0 Å². The summed E-state index contributed by atoms with van der Waals surface area (Å²) in [6.07, 6.45) is 18.2. The predicted molar refractivity (Wildman–Crippen MR) is 121 cm³/mol. The first kappa shape index (κ1) is 19.9. The Kier molecular flexibility index (Phi) is 4.65. The van der Waals surface area contributed by atoms with Crippen molar-refractivity contribution in [2.45, 2.75) is 71.8 Å². The largest absolute Gasteiger partial charge is 0.458 e. The number of carbonyl (C=O) groups excluding carboxylic acids is 1. The lowest BCUT2D eigenvalue weighted by Gasteiger charge is -2.50. The maximum Gasteiger partial charge on any atom is 0.303 e. The first-order valence-corrected chi connectivity index (χ1v) is 11.7. The van der Waals surface area contributed by atoms with Crippen LogP contribution in [0.3, 0.4) is 0 Å². The van der Waals surface area contributed by atoms with Crippen LogP contribution in [0.15, 0.2) is 58.4 Å². The molecule has 160 valence electrons. The Morgan fingerprint density at radius 1 is 1.23 bits per heavy atom. The summed E-state index contributed by atoms with van der Waals surface area (Å²) in [5.41, 5.74) is 7.03. The fourth-order valence-corrected chi connectivity index (χ4v) is 6.81. The Morgan fingerprint density at radius 3 is 2.83 bits per heavy atom. The number of carbonyl (C=O) groups is 1. The molecule has 30 heavy (non-hydrogen) atoms. The predicted octanol–water partition coefficient (Wildman–Crippen LogP) is 5.87. The van der Waals surface area contributed by atoms with Gasteiger partial charge in [0.1, 0.15) is 5.60 Å². The first-order chi connectivity index (χ1) is 14.3. The van der Waals surface area contributed by atoms with Gasteiger partial charge < -0.3 is 9.64 Å². The van der Waals surface area contributed by atoms with Crippen LogP contribution < -0.4 is 0 Å². The van der Waals surface area contributed by atoms with Crippen molar-refractivity contribution in [3.05, 3.63) is 58.4 Å². The van der Waals surface area contributed by atoms with Crippen molar-refractivity contribution >= 4 is 5.97 Å². The molecule has 2 heterocycles. The van der Waals surface area contributed by atoms with Crippen LogP contribution in [0, 0.1) is 17.3 Å². The van der Waals surface area contributed by atoms with Gasteiger partial charge in [0.2, 0.25) is 0 Å². The number of nitrogens with zero attached hydrogens (tertiary/aromatic N) is 1. The molecule has 3 heteroatoms. The number of esters is 1. The zero-order valence-electron chi connectivity index (χ0n) is 19.0. The minimum absolute atomic E-state index is 0.137. The molecule has 1 fully saturated rings. The van der Waals surface area contributed by atoms with E-state index in [-0.39, 0.29) is 17.3 Å². The number of hydrogen-bond donors (Lipinski definition) is 0. The highest BCUT2D eigenvalue weighted by molar-refractivity contribution is 5.67. The van der Waals surface area contributed by atoms with Crippen molar-refractivity contribution < 1.29 is 9.53 Å². The van der Waals surface area contributed by atoms with Crippen LogP contribution in [-0.4, -0.2) is 29.6 Å². The van der Waals surface area contributed by atoms with E-state index in [1.807, 2.05) is 0 Å². The maximum absolute atomic E-state index is 12.4. The summed E-state index contributed by atoms with van der Waals surface area (Å²) in [5, 5.41) is 0. The fourth-order valence-electron chi connectivity index (χ4n) is 6.81. The van der Waals surface area contributed by atoms with E-state index in [1.54, 1.807) is 23.6 Å². The number of fused-ring (bicyclic) bond motifs is 3. The minimum Gasteiger partial charge on any atom is -0.458 e. The smallest absolute Gasteiger partial charge is 0.303 e. The summed E-state index contributed by atoms with van der Waals surface area (Å²) in [6, 6.07) is 0. The van der Waals surface area contributed by atoms with Crippen LogP contribution in [-0.2, 0) is 9.53 Å². The highest BCUT2D eigenvalue weighted by Gasteiger charge is 2.55. The molecular formula is C27H35NO2. The lowest BCUT2D eigenvalue weighted by Crippen LogP contribution is -2.53. The zero-order valence-corrected chi connectivity index (χ0v) is 19.0. The summed E-state index contributed by atoms with van der Waals surface area (Å²) in [5.74, 6) is 0.619. The molecule has 0 amide bonds. The van der Waals surface area contributed by atoms with Gasteiger partial charge in [0.05, 0.1) is 0 Å². The Hall–Kier alpha value is -2.03. The third kappa shape index (κ3) is 2.88. The second-order valence-electron chi connectivity index (χ2n) is 10.7. The molecule has 0 radical (unpaired) electrons. The molecule has 0 aromatic rings. The third-order valence-corrected chi connectivity index (χ3v) is 8.10. The lowest BCUT2D eigenvalue weighted by molar-refractivity contribution is -0.180. The number of ether oxygens (including phenoxy) is 1. The Balaban J connectivity index is 1.77. The van der Waals surface area contributed by atoms with E-state index in [1.165, 1.54) is 24.1 Å². The summed E-state index contributed by atoms with van der Waals surface area (Å²) >= 11 is 0. The van der Waals surface area contributed by atoms with Crippen LogP contribution in [0.25, 0.3) is 0 Å². The molecule has 3 unspecified atom stereocenters. The summed E-state index contributed by atoms with van der Waals surface area (Å²) in [7, 11) is 0. The fraction of sp³-hybridized carbons (Fsp3) is 0.593. The van der Waals surface area contributed by atoms with Crippen LogP contribution in [0.1, 0.15) is 66.2 Å². The topological polar surface area (TPSA) is 29.5 Å². The van der Waals surface area contributed by atoms with E-state index in [9.17, 15) is 4.79 Å². The van der Waals surface area contributed by atoms with Gasteiger partial charge >= 0.3 is 5.97 Å². The standard InChI is InChI=1S/C27H35NO2/c1-18(29)30-27(26(2,3)4)16-19-10-9-12-21-24-14-7-8-15-28(24)17-22(25(19)21)20-11-5-6-13-23(20)27/h5,7-8,11,14,21,23H,6,9-10,12-13,15-17H2,1-4H3. The highest BCUT2D eigenvalue weighted by Crippen LogP contribution is 2.58. The van der Waals surface area contributed by atoms with Crippen molar-refractivity contribution in [3.63, 3.8) is 0 Å². The molecule has 0 N–H and O–H groups in total. The second kappa shape index (κ2) is 7.00. The third-order valence-electron chi connectivity index (χ3n) is 8.10. The zero-order chi connectivity index (χ0) is 21.1. The minimum atomic E-state index is -0.485. The van der Waals surface area contributed by atoms with Gasteiger partial charge in [-0.25, -0.2) is 0 Å². The SMILES string of the molecule is CC(=O)OC1(C(C)(C)C)CC2=C3C(=C4C=CCCC41)CN1CC=CC=C1C3CCC2. The van der Waals surface area contributed by atoms with Crippen molar-refractivity contribution in [3.8, 4) is 0 Å². The van der Waals surface area contributed by atoms with Gasteiger partial charge in [-0.3, -0.25) is 4.79 Å². The normalized spacial score (nSPS) is 32.8. The van der Waals surface area contributed by atoms with E-state index in [2.05, 4.69) is 56.1 Å². The molecule has 5 rings (SSSR count). The molecule has 2 aliphatic heterocycles. The van der Waals surface area contributed by atoms with Gasteiger partial charge in [0, 0.05) is 49.4 Å². The van der Waals surface area contributed by atoms with Crippen LogP contribution in [0.4, 0.5) is 0 Å². The van der Waals surface area contributed by atoms with E-state index in [0.717, 1.165) is 38.8 Å². The van der Waals surface area contributed by atoms with Crippen molar-refractivity contribution in [1.82, 2.24) is 4.90 Å². The van der Waals surface area contributed by atoms with E-state index in [4.69, 9.17) is 4.74 Å². The number of hydrogen-bond acceptors (Lipinski definition) is 3. The number of rotatable bonds is 1. The molecule has 0 aromatic carbocycles. The van der Waals surface area contributed by atoms with Gasteiger partial charge in [-0.2, -0.15) is 0 Å². The van der Waals surface area contributed by atoms with Gasteiger partial charge in [-0.05, 0) is 54.9 Å². The molecule has 5 aliphatic rings. The average Bonchev–Trinajstić information content (AvgIpc) is 2.83. The van der Waals surface area contributed by atoms with Crippen LogP contribution in [0.2, 0.25) is 0 Å². The molecule has 1 saturated heterocycles. The van der Waals surface area contributed by atoms with E-state index >= 15 is 0 Å². The lowest BCUT2D eigenvalue weighted by atomic mass is 9.61. The van der Waals surface area contributed by atoms with E-state index in [0.29, 0.717) is 5.92 Å². The van der Waals surface area contributed by atoms with Gasteiger partial charge in [-0.15, -0.1) is 0 Å². The first-order valence-electron chi connectivity index (χ1n) is 11.7. The maximum atomic E-state index is 12.4. The molecular weight excluding hydrogens is 370 g/mol. The van der Waals surface area contributed by atoms with Crippen molar-refractivity contribution in [2.75, 3.05) is 13.1 Å². The molecule has 3 aliphatic carbocycles. The number of allylic oxidation sites excluding steroid dienone is 5. The van der Waals surface area contributed by atoms with Crippen molar-refractivity contribution in [2.24, 2.45) is 17.3 Å². The Bertz CT molecular complexity index is 923. The second-order valence-corrected chi connectivity index (χ2v) is 10.7. The van der Waals surface area contributed by atoms with Crippen LogP contribution >= 0.6 is 0 Å². The van der Waals surface area contributed by atoms with Gasteiger partial charge in [0.25, 0.3) is 0 Å². The quantitative estimate of drug-likeness (QED) is 0.511. The molecule has 0 saturated carbocycles. The molecule has 3 atom stereocenters. The van der Waals surface area contributed by atoms with E-state index < -0.39 is 5.60 Å². The Morgan fingerprint density at radius 2 is 2.07 bits per heavy atom. The summed E-state index contributed by atoms with van der Waals surface area (Å²) in [4.78, 5) is 15.0. The molecule has 0 bridgehead atoms. The van der Waals surface area contributed by atoms with Gasteiger partial charge in [0.15, 0.2) is 0 Å². The highest BCUT2D eigenvalue weighted by atomic mass is 16.6. The average molecular weight is 406 g/mol. The molecule has 3 nitrogen and oxygen atoms in total. The van der Waals surface area contributed by atoms with Crippen LogP contribution in [0.5, 0.6) is 0 Å². The Labute approximate surface area is 181 Å². The molecule has 0 spiro atoms. The van der Waals surface area contributed by atoms with Gasteiger partial charge in [-0.1, -0.05) is 50.6 Å². The summed E-state index contributed by atoms with van der Waals surface area (Å²) < 4.78 is 6.43. The number of piperidine rings is 1.